The fourth-order valence-corrected chi connectivity index (χ4v) is 1.38. The largest absolute Gasteiger partial charge is 0.362 e. The van der Waals surface area contributed by atoms with Crippen LogP contribution in [0, 0.1) is 21.4 Å². The third-order valence-electron chi connectivity index (χ3n) is 2.13. The smallest absolute Gasteiger partial charge is 0.328 e. The second-order valence-corrected chi connectivity index (χ2v) is 3.49. The molecule has 0 aromatic carbocycles. The minimum Gasteiger partial charge on any atom is -0.362 e. The van der Waals surface area contributed by atoms with E-state index in [-0.39, 0.29) is 23.1 Å². The topological polar surface area (TPSA) is 91.8 Å². The Morgan fingerprint density at radius 3 is 3.06 bits per heavy atom. The molecule has 88 valence electrons. The van der Waals surface area contributed by atoms with E-state index in [0.29, 0.717) is 6.42 Å². The Morgan fingerprint density at radius 1 is 1.82 bits per heavy atom. The van der Waals surface area contributed by atoms with Gasteiger partial charge in [0.25, 0.3) is 0 Å². The third-order valence-corrected chi connectivity index (χ3v) is 2.13. The summed E-state index contributed by atoms with van der Waals surface area (Å²) in [5, 5.41) is 22.6. The number of pyridine rings is 1. The monoisotopic (exact) mass is 232 g/mol. The second kappa shape index (κ2) is 5.61. The lowest BCUT2D eigenvalue weighted by atomic mass is 10.2. The lowest BCUT2D eigenvalue weighted by Gasteiger charge is -2.12. The molecule has 1 aromatic rings. The first-order valence-corrected chi connectivity index (χ1v) is 5.01. The van der Waals surface area contributed by atoms with Crippen molar-refractivity contribution in [3.05, 3.63) is 40.6 Å². The van der Waals surface area contributed by atoms with Crippen molar-refractivity contribution in [3.63, 3.8) is 0 Å². The van der Waals surface area contributed by atoms with Gasteiger partial charge in [-0.1, -0.05) is 6.08 Å². The maximum absolute atomic E-state index is 10.9. The summed E-state index contributed by atoms with van der Waals surface area (Å²) in [6.07, 6.45) is 3.72. The van der Waals surface area contributed by atoms with Crippen molar-refractivity contribution in [2.24, 2.45) is 0 Å². The molecule has 0 aliphatic rings. The van der Waals surface area contributed by atoms with Gasteiger partial charge in [-0.3, -0.25) is 10.1 Å². The number of hydrogen-bond acceptors (Lipinski definition) is 5. The summed E-state index contributed by atoms with van der Waals surface area (Å²) in [5.74, 6) is 0.114. The fraction of sp³-hybridized carbons (Fsp3) is 0.273. The maximum atomic E-state index is 10.9. The van der Waals surface area contributed by atoms with E-state index in [2.05, 4.69) is 16.9 Å². The Balaban J connectivity index is 3.11. The molecule has 6 nitrogen and oxygen atoms in total. The van der Waals surface area contributed by atoms with Crippen LogP contribution >= 0.6 is 0 Å². The van der Waals surface area contributed by atoms with Crippen LogP contribution in [0.1, 0.15) is 18.9 Å². The van der Waals surface area contributed by atoms with Crippen LogP contribution in [0.25, 0.3) is 0 Å². The molecule has 1 heterocycles. The Kier molecular flexibility index (Phi) is 4.17. The summed E-state index contributed by atoms with van der Waals surface area (Å²) in [5.41, 5.74) is -0.288. The van der Waals surface area contributed by atoms with Crippen molar-refractivity contribution in [1.82, 2.24) is 4.98 Å². The van der Waals surface area contributed by atoms with Gasteiger partial charge in [-0.2, -0.15) is 5.26 Å². The molecular formula is C11H12N4O2. The highest BCUT2D eigenvalue weighted by molar-refractivity contribution is 5.64. The van der Waals surface area contributed by atoms with Crippen LogP contribution in [0.3, 0.4) is 0 Å². The number of hydrogen-bond donors (Lipinski definition) is 1. The molecule has 0 bridgehead atoms. The fourth-order valence-electron chi connectivity index (χ4n) is 1.38. The van der Waals surface area contributed by atoms with E-state index in [1.807, 2.05) is 6.92 Å². The Morgan fingerprint density at radius 2 is 2.53 bits per heavy atom. The van der Waals surface area contributed by atoms with E-state index in [9.17, 15) is 10.1 Å². The van der Waals surface area contributed by atoms with Crippen molar-refractivity contribution in [3.8, 4) is 6.07 Å². The molecule has 1 N–H and O–H groups in total. The summed E-state index contributed by atoms with van der Waals surface area (Å²) in [4.78, 5) is 14.2. The Hall–Kier alpha value is -2.42. The molecule has 0 aliphatic carbocycles. The first-order chi connectivity index (χ1) is 8.10. The highest BCUT2D eigenvalue weighted by Crippen LogP contribution is 2.26. The second-order valence-electron chi connectivity index (χ2n) is 3.49. The summed E-state index contributed by atoms with van der Waals surface area (Å²) in [6.45, 7) is 5.44. The number of nitriles is 1. The number of nitrogens with zero attached hydrogens (tertiary/aromatic N) is 3. The van der Waals surface area contributed by atoms with Crippen LogP contribution in [0.15, 0.2) is 24.9 Å². The minimum atomic E-state index is -0.603. The molecule has 1 aromatic heterocycles. The van der Waals surface area contributed by atoms with Crippen LogP contribution in [0.4, 0.5) is 11.5 Å². The quantitative estimate of drug-likeness (QED) is 0.477. The normalized spacial score (nSPS) is 11.3. The summed E-state index contributed by atoms with van der Waals surface area (Å²) < 4.78 is 0. The van der Waals surface area contributed by atoms with E-state index in [1.54, 1.807) is 12.1 Å². The molecule has 1 atom stereocenters. The van der Waals surface area contributed by atoms with Gasteiger partial charge < -0.3 is 5.32 Å². The number of nitrogens with one attached hydrogen (secondary N) is 1. The van der Waals surface area contributed by atoms with E-state index in [4.69, 9.17) is 5.26 Å². The predicted octanol–water partition coefficient (Wildman–Crippen LogP) is 2.24. The van der Waals surface area contributed by atoms with Gasteiger partial charge in [0.05, 0.1) is 4.92 Å². The van der Waals surface area contributed by atoms with Crippen molar-refractivity contribution < 1.29 is 4.92 Å². The average Bonchev–Trinajstić information content (AvgIpc) is 2.28. The Bertz CT molecular complexity index is 479. The van der Waals surface area contributed by atoms with Crippen molar-refractivity contribution in [1.29, 1.82) is 5.26 Å². The van der Waals surface area contributed by atoms with Gasteiger partial charge in [0, 0.05) is 12.2 Å². The van der Waals surface area contributed by atoms with Crippen molar-refractivity contribution in [2.45, 2.75) is 19.4 Å². The molecule has 0 spiro atoms. The Labute approximate surface area is 98.7 Å². The molecule has 1 unspecified atom stereocenters. The minimum absolute atomic E-state index is 0.00157. The molecule has 0 saturated carbocycles. The van der Waals surface area contributed by atoms with Gasteiger partial charge in [-0.25, -0.2) is 4.98 Å². The zero-order valence-electron chi connectivity index (χ0n) is 9.38. The highest BCUT2D eigenvalue weighted by Gasteiger charge is 2.21. The van der Waals surface area contributed by atoms with E-state index < -0.39 is 4.92 Å². The van der Waals surface area contributed by atoms with Gasteiger partial charge in [-0.05, 0) is 19.4 Å². The van der Waals surface area contributed by atoms with Crippen molar-refractivity contribution in [2.75, 3.05) is 5.32 Å². The van der Waals surface area contributed by atoms with Crippen LogP contribution in [0.2, 0.25) is 0 Å². The molecular weight excluding hydrogens is 220 g/mol. The molecule has 0 fully saturated rings. The van der Waals surface area contributed by atoms with Gasteiger partial charge in [0.2, 0.25) is 5.82 Å². The van der Waals surface area contributed by atoms with Crippen molar-refractivity contribution >= 4 is 11.5 Å². The maximum Gasteiger partial charge on any atom is 0.328 e. The van der Waals surface area contributed by atoms with Crippen LogP contribution in [-0.4, -0.2) is 15.9 Å². The SMILES string of the molecule is C=CCC(C)Nc1nccc(C#N)c1[N+](=O)[O-]. The molecule has 0 aliphatic heterocycles. The van der Waals surface area contributed by atoms with Gasteiger partial charge in [0.1, 0.15) is 11.6 Å². The van der Waals surface area contributed by atoms with Gasteiger partial charge in [-0.15, -0.1) is 6.58 Å². The molecule has 6 heteroatoms. The van der Waals surface area contributed by atoms with Crippen LogP contribution in [0.5, 0.6) is 0 Å². The molecule has 1 rings (SSSR count). The van der Waals surface area contributed by atoms with Crippen LogP contribution in [-0.2, 0) is 0 Å². The molecule has 17 heavy (non-hydrogen) atoms. The average molecular weight is 232 g/mol. The first kappa shape index (κ1) is 12.6. The molecule has 0 radical (unpaired) electrons. The number of rotatable bonds is 5. The highest BCUT2D eigenvalue weighted by atomic mass is 16.6. The number of aromatic nitrogens is 1. The standard InChI is InChI=1S/C11H12N4O2/c1-3-4-8(2)14-11-10(15(16)17)9(7-12)5-6-13-11/h3,5-6,8H,1,4H2,2H3,(H,13,14). The van der Waals surface area contributed by atoms with Gasteiger partial charge >= 0.3 is 5.69 Å². The third kappa shape index (κ3) is 3.01. The summed E-state index contributed by atoms with van der Waals surface area (Å²) in [6, 6.07) is 3.07. The molecule has 0 amide bonds. The van der Waals surface area contributed by atoms with Crippen LogP contribution < -0.4 is 5.32 Å². The van der Waals surface area contributed by atoms with E-state index in [0.717, 1.165) is 0 Å². The summed E-state index contributed by atoms with van der Waals surface area (Å²) in [7, 11) is 0. The molecule has 0 saturated heterocycles. The zero-order valence-corrected chi connectivity index (χ0v) is 9.38. The lowest BCUT2D eigenvalue weighted by molar-refractivity contribution is -0.384. The first-order valence-electron chi connectivity index (χ1n) is 5.01. The van der Waals surface area contributed by atoms with E-state index >= 15 is 0 Å². The van der Waals surface area contributed by atoms with E-state index in [1.165, 1.54) is 12.3 Å². The predicted molar refractivity (Wildman–Crippen MR) is 63.5 cm³/mol. The number of anilines is 1. The summed E-state index contributed by atoms with van der Waals surface area (Å²) >= 11 is 0. The number of nitro groups is 1. The van der Waals surface area contributed by atoms with Gasteiger partial charge in [0.15, 0.2) is 0 Å². The lowest BCUT2D eigenvalue weighted by Crippen LogP contribution is -2.16. The zero-order chi connectivity index (χ0) is 12.8.